The Morgan fingerprint density at radius 2 is 2.14 bits per heavy atom. The molecule has 0 aliphatic carbocycles. The lowest BCUT2D eigenvalue weighted by atomic mass is 10.1. The Morgan fingerprint density at radius 1 is 1.29 bits per heavy atom. The molecule has 1 amide bonds. The van der Waals surface area contributed by atoms with Gasteiger partial charge in [-0.25, -0.2) is 4.98 Å². The molecule has 138 valence electrons. The molecule has 28 heavy (non-hydrogen) atoms. The van der Waals surface area contributed by atoms with Crippen molar-refractivity contribution in [3.05, 3.63) is 65.9 Å². The number of nitriles is 1. The van der Waals surface area contributed by atoms with E-state index in [9.17, 15) is 4.79 Å². The smallest absolute Gasteiger partial charge is 0.250 e. The summed E-state index contributed by atoms with van der Waals surface area (Å²) in [6, 6.07) is 16.2. The molecule has 0 unspecified atom stereocenters. The second kappa shape index (κ2) is 7.67. The monoisotopic (exact) mass is 386 g/mol. The number of rotatable bonds is 5. The number of carbonyl (C=O) groups is 1. The summed E-state index contributed by atoms with van der Waals surface area (Å²) in [5, 5.41) is 13.4. The molecule has 0 bridgehead atoms. The molecule has 2 aromatic heterocycles. The SMILES string of the molecule is Cc1cccc2sc(NC(=O)/C=C/c3cn(CCC#N)c4ccccc34)nc12. The third-order valence-corrected chi connectivity index (χ3v) is 5.49. The maximum Gasteiger partial charge on any atom is 0.250 e. The number of thiazole rings is 1. The van der Waals surface area contributed by atoms with Crippen molar-refractivity contribution in [1.82, 2.24) is 9.55 Å². The summed E-state index contributed by atoms with van der Waals surface area (Å²) >= 11 is 1.47. The number of anilines is 1. The summed E-state index contributed by atoms with van der Waals surface area (Å²) < 4.78 is 3.10. The molecule has 5 nitrogen and oxygen atoms in total. The number of aromatic nitrogens is 2. The van der Waals surface area contributed by atoms with Gasteiger partial charge < -0.3 is 4.57 Å². The molecule has 0 saturated heterocycles. The predicted octanol–water partition coefficient (Wildman–Crippen LogP) is 5.13. The highest BCUT2D eigenvalue weighted by Gasteiger charge is 2.09. The Balaban J connectivity index is 1.55. The number of carbonyl (C=O) groups excluding carboxylic acids is 1. The number of aryl methyl sites for hydroxylation is 2. The Hall–Kier alpha value is -3.43. The number of para-hydroxylation sites is 2. The molecule has 6 heteroatoms. The molecule has 4 aromatic rings. The summed E-state index contributed by atoms with van der Waals surface area (Å²) in [7, 11) is 0. The fourth-order valence-electron chi connectivity index (χ4n) is 3.22. The number of amides is 1. The van der Waals surface area contributed by atoms with Crippen LogP contribution in [-0.4, -0.2) is 15.5 Å². The van der Waals surface area contributed by atoms with E-state index in [-0.39, 0.29) is 5.91 Å². The third kappa shape index (κ3) is 3.53. The van der Waals surface area contributed by atoms with Crippen molar-refractivity contribution >= 4 is 49.6 Å². The maximum atomic E-state index is 12.4. The van der Waals surface area contributed by atoms with Gasteiger partial charge in [0.25, 0.3) is 0 Å². The zero-order valence-electron chi connectivity index (χ0n) is 15.3. The van der Waals surface area contributed by atoms with Gasteiger partial charge in [-0.3, -0.25) is 10.1 Å². The minimum atomic E-state index is -0.217. The van der Waals surface area contributed by atoms with E-state index in [1.165, 1.54) is 17.4 Å². The van der Waals surface area contributed by atoms with Crippen molar-refractivity contribution in [2.75, 3.05) is 5.32 Å². The van der Waals surface area contributed by atoms with Gasteiger partial charge >= 0.3 is 0 Å². The predicted molar refractivity (Wildman–Crippen MR) is 114 cm³/mol. The van der Waals surface area contributed by atoms with Gasteiger partial charge in [-0.2, -0.15) is 5.26 Å². The normalized spacial score (nSPS) is 11.3. The molecule has 0 spiro atoms. The van der Waals surface area contributed by atoms with Crippen molar-refractivity contribution in [2.45, 2.75) is 19.9 Å². The van der Waals surface area contributed by atoms with Gasteiger partial charge in [0.05, 0.1) is 22.7 Å². The lowest BCUT2D eigenvalue weighted by molar-refractivity contribution is -0.111. The standard InChI is InChI=1S/C22H18N4OS/c1-15-6-4-9-19-21(15)25-22(28-19)24-20(27)11-10-16-14-26(13-5-12-23)18-8-3-2-7-17(16)18/h2-4,6-11,14H,5,13H2,1H3,(H,24,25,27)/b11-10+. The molecule has 1 N–H and O–H groups in total. The van der Waals surface area contributed by atoms with Gasteiger partial charge in [-0.1, -0.05) is 41.7 Å². The first-order valence-corrected chi connectivity index (χ1v) is 9.77. The molecule has 0 radical (unpaired) electrons. The molecular weight excluding hydrogens is 368 g/mol. The molecule has 0 fully saturated rings. The van der Waals surface area contributed by atoms with Crippen LogP contribution in [0.5, 0.6) is 0 Å². The lowest BCUT2D eigenvalue weighted by Gasteiger charge is -2.00. The molecule has 4 rings (SSSR count). The average molecular weight is 386 g/mol. The van der Waals surface area contributed by atoms with Crippen molar-refractivity contribution in [3.8, 4) is 6.07 Å². The van der Waals surface area contributed by atoms with E-state index < -0.39 is 0 Å². The van der Waals surface area contributed by atoms with Gasteiger partial charge in [0, 0.05) is 35.3 Å². The molecule has 0 saturated carbocycles. The topological polar surface area (TPSA) is 70.7 Å². The minimum absolute atomic E-state index is 0.217. The van der Waals surface area contributed by atoms with Crippen molar-refractivity contribution in [3.63, 3.8) is 0 Å². The van der Waals surface area contributed by atoms with Gasteiger partial charge in [0.2, 0.25) is 5.91 Å². The van der Waals surface area contributed by atoms with Crippen LogP contribution in [-0.2, 0) is 11.3 Å². The first-order valence-electron chi connectivity index (χ1n) is 8.96. The Morgan fingerprint density at radius 3 is 2.96 bits per heavy atom. The van der Waals surface area contributed by atoms with E-state index in [1.54, 1.807) is 6.08 Å². The largest absolute Gasteiger partial charge is 0.346 e. The van der Waals surface area contributed by atoms with Crippen LogP contribution < -0.4 is 5.32 Å². The van der Waals surface area contributed by atoms with E-state index in [0.717, 1.165) is 32.2 Å². The lowest BCUT2D eigenvalue weighted by Crippen LogP contribution is -2.07. The summed E-state index contributed by atoms with van der Waals surface area (Å²) in [6.07, 6.45) is 5.75. The third-order valence-electron chi connectivity index (χ3n) is 4.55. The zero-order valence-corrected chi connectivity index (χ0v) is 16.2. The van der Waals surface area contributed by atoms with Crippen LogP contribution in [0.1, 0.15) is 17.5 Å². The van der Waals surface area contributed by atoms with Crippen LogP contribution in [0.2, 0.25) is 0 Å². The van der Waals surface area contributed by atoms with Crippen LogP contribution in [0.25, 0.3) is 27.2 Å². The van der Waals surface area contributed by atoms with E-state index in [4.69, 9.17) is 5.26 Å². The van der Waals surface area contributed by atoms with Crippen LogP contribution in [0.4, 0.5) is 5.13 Å². The molecule has 0 aliphatic heterocycles. The number of hydrogen-bond acceptors (Lipinski definition) is 4. The van der Waals surface area contributed by atoms with E-state index in [2.05, 4.69) is 16.4 Å². The molecule has 0 aliphatic rings. The highest BCUT2D eigenvalue weighted by molar-refractivity contribution is 7.22. The van der Waals surface area contributed by atoms with Crippen LogP contribution >= 0.6 is 11.3 Å². The number of hydrogen-bond donors (Lipinski definition) is 1. The fourth-order valence-corrected chi connectivity index (χ4v) is 4.16. The molecular formula is C22H18N4OS. The van der Waals surface area contributed by atoms with Crippen LogP contribution in [0.3, 0.4) is 0 Å². The highest BCUT2D eigenvalue weighted by Crippen LogP contribution is 2.28. The first-order chi connectivity index (χ1) is 13.7. The molecule has 2 heterocycles. The number of nitrogens with one attached hydrogen (secondary N) is 1. The molecule has 0 atom stereocenters. The van der Waals surface area contributed by atoms with Crippen LogP contribution in [0.15, 0.2) is 54.7 Å². The fraction of sp³-hybridized carbons (Fsp3) is 0.136. The average Bonchev–Trinajstić information content (AvgIpc) is 3.27. The second-order valence-corrected chi connectivity index (χ2v) is 7.50. The Labute approximate surface area is 166 Å². The number of fused-ring (bicyclic) bond motifs is 2. The zero-order chi connectivity index (χ0) is 19.5. The second-order valence-electron chi connectivity index (χ2n) is 6.47. The number of nitrogens with zero attached hydrogens (tertiary/aromatic N) is 3. The van der Waals surface area contributed by atoms with Crippen molar-refractivity contribution in [2.24, 2.45) is 0 Å². The highest BCUT2D eigenvalue weighted by atomic mass is 32.1. The van der Waals surface area contributed by atoms with E-state index in [0.29, 0.717) is 18.1 Å². The quantitative estimate of drug-likeness (QED) is 0.484. The Bertz CT molecular complexity index is 1240. The van der Waals surface area contributed by atoms with Crippen molar-refractivity contribution in [1.29, 1.82) is 5.26 Å². The Kier molecular flexibility index (Phi) is 4.92. The summed E-state index contributed by atoms with van der Waals surface area (Å²) in [6.45, 7) is 2.64. The van der Waals surface area contributed by atoms with Gasteiger partial charge in [-0.05, 0) is 30.7 Å². The number of benzene rings is 2. The molecule has 2 aromatic carbocycles. The van der Waals surface area contributed by atoms with Crippen molar-refractivity contribution < 1.29 is 4.79 Å². The van der Waals surface area contributed by atoms with E-state index >= 15 is 0 Å². The van der Waals surface area contributed by atoms with Crippen LogP contribution in [0, 0.1) is 18.3 Å². The summed E-state index contributed by atoms with van der Waals surface area (Å²) in [4.78, 5) is 16.9. The summed E-state index contributed by atoms with van der Waals surface area (Å²) in [5.41, 5.74) is 4.02. The minimum Gasteiger partial charge on any atom is -0.346 e. The maximum absolute atomic E-state index is 12.4. The van der Waals surface area contributed by atoms with E-state index in [1.807, 2.05) is 60.2 Å². The van der Waals surface area contributed by atoms with Gasteiger partial charge in [0.15, 0.2) is 5.13 Å². The first kappa shape index (κ1) is 18.0. The summed E-state index contributed by atoms with van der Waals surface area (Å²) in [5.74, 6) is -0.217. The van der Waals surface area contributed by atoms with Gasteiger partial charge in [-0.15, -0.1) is 0 Å². The van der Waals surface area contributed by atoms with Gasteiger partial charge in [0.1, 0.15) is 0 Å².